The number of benzene rings is 1. The Morgan fingerprint density at radius 1 is 1.71 bits per heavy atom. The van der Waals surface area contributed by atoms with Gasteiger partial charge in [0.05, 0.1) is 12.9 Å². The summed E-state index contributed by atoms with van der Waals surface area (Å²) >= 11 is 0. The zero-order valence-electron chi connectivity index (χ0n) is 23.2. The van der Waals surface area contributed by atoms with E-state index in [1.54, 1.807) is 0 Å². The lowest BCUT2D eigenvalue weighted by Gasteiger charge is -2.09. The summed E-state index contributed by atoms with van der Waals surface area (Å²) in [6.07, 6.45) is -1.17. The van der Waals surface area contributed by atoms with Gasteiger partial charge in [-0.25, -0.2) is 4.79 Å². The first kappa shape index (κ1) is 5.65. The summed E-state index contributed by atoms with van der Waals surface area (Å²) in [5, 5.41) is 0.193. The van der Waals surface area contributed by atoms with Crippen molar-refractivity contribution in [2.75, 3.05) is 27.1 Å². The average molecular weight is 299 g/mol. The number of aryl methyl sites for hydroxylation is 1. The third-order valence-electron chi connectivity index (χ3n) is 2.96. The quantitative estimate of drug-likeness (QED) is 0.887. The number of rotatable bonds is 5. The third-order valence-corrected chi connectivity index (χ3v) is 2.96. The molecule has 1 aliphatic heterocycles. The van der Waals surface area contributed by atoms with Gasteiger partial charge in [0.15, 0.2) is 2.82 Å². The van der Waals surface area contributed by atoms with Crippen LogP contribution in [0.1, 0.15) is 24.8 Å². The lowest BCUT2D eigenvalue weighted by Crippen LogP contribution is -2.28. The van der Waals surface area contributed by atoms with Crippen molar-refractivity contribution in [3.63, 3.8) is 0 Å². The number of carbonyl (C=O) groups is 1. The lowest BCUT2D eigenvalue weighted by atomic mass is 10.0. The fraction of sp³-hybridized carbons (Fsp3) is 0.438. The fourth-order valence-electron chi connectivity index (χ4n) is 1.99. The van der Waals surface area contributed by atoms with E-state index in [1.807, 2.05) is 0 Å². The Labute approximate surface area is 141 Å². The second kappa shape index (κ2) is 5.77. The number of nitrogens with zero attached hydrogens (tertiary/aromatic N) is 1. The largest absolute Gasteiger partial charge is 0.447 e. The van der Waals surface area contributed by atoms with Crippen LogP contribution in [0.4, 0.5) is 4.79 Å². The molecule has 0 radical (unpaired) electrons. The first-order chi connectivity index (χ1) is 14.9. The van der Waals surface area contributed by atoms with Crippen LogP contribution in [-0.2, 0) is 17.6 Å². The average Bonchev–Trinajstić information content (AvgIpc) is 3.08. The highest BCUT2D eigenvalue weighted by Gasteiger charge is 2.22. The van der Waals surface area contributed by atoms with E-state index >= 15 is 0 Å². The van der Waals surface area contributed by atoms with Gasteiger partial charge in [-0.05, 0) is 50.1 Å². The van der Waals surface area contributed by atoms with E-state index < -0.39 is 63.1 Å². The number of hydrogen-bond acceptors (Lipinski definition) is 3. The zero-order valence-corrected chi connectivity index (χ0v) is 11.2. The highest BCUT2D eigenvalue weighted by atomic mass is 16.6. The Hall–Kier alpha value is -2.01. The standard InChI is InChI=1S/C16H21N3O2/c1-19(2)6-5-12-9-17-15-4-3-11(8-14(12)15)7-13-10-21-16(20)18-13/h3-4,8-9,13,17H,5-7,10H2,1-2H3,(H,18,20)/t13-/m0/s1/i1D3,3D,4D,6D2,8D,10D2/hD2. The van der Waals surface area contributed by atoms with Crippen molar-refractivity contribution in [1.29, 1.82) is 0 Å². The number of nitrogens with one attached hydrogen (secondary N) is 2. The van der Waals surface area contributed by atoms with Crippen LogP contribution in [0.15, 0.2) is 24.3 Å². The molecule has 2 aromatic rings. The number of hydrogen-bond donors (Lipinski definition) is 2. The molecule has 1 saturated heterocycles. The molecule has 1 aliphatic rings. The number of H-pyrrole nitrogens is 1. The van der Waals surface area contributed by atoms with Gasteiger partial charge in [-0.2, -0.15) is 0 Å². The van der Waals surface area contributed by atoms with Crippen molar-refractivity contribution in [2.45, 2.75) is 18.9 Å². The van der Waals surface area contributed by atoms with Crippen molar-refractivity contribution in [3.05, 3.63) is 35.5 Å². The van der Waals surface area contributed by atoms with Gasteiger partial charge in [0.25, 0.3) is 0 Å². The molecule has 2 N–H and O–H groups in total. The predicted molar refractivity (Wildman–Crippen MR) is 82.5 cm³/mol. The van der Waals surface area contributed by atoms with Crippen molar-refractivity contribution in [3.8, 4) is 0 Å². The van der Waals surface area contributed by atoms with Crippen LogP contribution < -0.4 is 5.31 Å². The van der Waals surface area contributed by atoms with E-state index in [-0.39, 0.29) is 27.3 Å². The number of carbonyl (C=O) groups excluding carboxylic acids is 1. The van der Waals surface area contributed by atoms with E-state index in [2.05, 4.69) is 4.74 Å². The van der Waals surface area contributed by atoms with Crippen LogP contribution >= 0.6 is 0 Å². The van der Waals surface area contributed by atoms with E-state index in [4.69, 9.17) is 16.5 Å². The summed E-state index contributed by atoms with van der Waals surface area (Å²) in [6, 6.07) is -2.89. The maximum atomic E-state index is 11.6. The summed E-state index contributed by atoms with van der Waals surface area (Å²) in [5.41, 5.74) is -0.306. The summed E-state index contributed by atoms with van der Waals surface area (Å²) in [7, 11) is 1.07. The number of cyclic esters (lactones) is 1. The maximum Gasteiger partial charge on any atom is 0.407 e. The van der Waals surface area contributed by atoms with Crippen LogP contribution in [-0.4, -0.2) is 49.1 Å². The van der Waals surface area contributed by atoms with Crippen LogP contribution in [0.2, 0.25) is 2.82 Å². The molecule has 1 atom stereocenters. The third kappa shape index (κ3) is 3.19. The van der Waals surface area contributed by atoms with E-state index in [0.717, 1.165) is 13.2 Å². The van der Waals surface area contributed by atoms with Gasteiger partial charge in [-0.15, -0.1) is 0 Å². The molecule has 5 nitrogen and oxygen atoms in total. The SMILES string of the molecule is [2H]c1c(C[C@@H]2N([2H])C(=O)OC2([2H])[2H])c([2H])c2c(CC([2H])([2H])N(C)C([2H])([2H])[2H])cn([2H])c2c1[2H]. The molecule has 0 aliphatic carbocycles. The van der Waals surface area contributed by atoms with Crippen LogP contribution in [0.25, 0.3) is 10.9 Å². The molecular formula is C16H21N3O2. The zero-order chi connectivity index (χ0) is 25.3. The van der Waals surface area contributed by atoms with Gasteiger partial charge in [-0.1, -0.05) is 6.04 Å². The molecule has 0 spiro atoms. The molecule has 0 bridgehead atoms. The van der Waals surface area contributed by atoms with Crippen molar-refractivity contribution < 1.29 is 26.1 Å². The molecule has 2 heterocycles. The van der Waals surface area contributed by atoms with Crippen LogP contribution in [0.3, 0.4) is 0 Å². The van der Waals surface area contributed by atoms with Crippen LogP contribution in [0.5, 0.6) is 0 Å². The van der Waals surface area contributed by atoms with E-state index in [9.17, 15) is 4.79 Å². The molecule has 5 heteroatoms. The molecular weight excluding hydrogens is 266 g/mol. The molecule has 0 unspecified atom stereocenters. The highest BCUT2D eigenvalue weighted by molar-refractivity contribution is 5.84. The van der Waals surface area contributed by atoms with E-state index in [1.165, 1.54) is 0 Å². The minimum Gasteiger partial charge on any atom is -0.447 e. The topological polar surface area (TPSA) is 57.4 Å². The van der Waals surface area contributed by atoms with Gasteiger partial charge < -0.3 is 19.9 Å². The smallest absolute Gasteiger partial charge is 0.407 e. The van der Waals surface area contributed by atoms with Crippen molar-refractivity contribution >= 4 is 17.0 Å². The Morgan fingerprint density at radius 2 is 2.62 bits per heavy atom. The number of amides is 1. The first-order valence-corrected chi connectivity index (χ1v) is 6.27. The van der Waals surface area contributed by atoms with Gasteiger partial charge >= 0.3 is 6.09 Å². The summed E-state index contributed by atoms with van der Waals surface area (Å²) < 4.78 is 99.9. The maximum absolute atomic E-state index is 11.6. The number of aromatic nitrogens is 1. The van der Waals surface area contributed by atoms with Gasteiger partial charge in [-0.3, -0.25) is 0 Å². The second-order valence-corrected chi connectivity index (χ2v) is 4.59. The molecule has 1 amide bonds. The Kier molecular flexibility index (Phi) is 1.55. The van der Waals surface area contributed by atoms with Crippen LogP contribution in [0, 0.1) is 0 Å². The number of likely N-dealkylation sites (N-methyl/N-ethyl adjacent to an activating group) is 1. The molecule has 112 valence electrons. The summed E-state index contributed by atoms with van der Waals surface area (Å²) in [5.74, 6) is 0. The Bertz CT molecular complexity index is 1110. The van der Waals surface area contributed by atoms with E-state index in [0.29, 0.717) is 9.88 Å². The fourth-order valence-corrected chi connectivity index (χ4v) is 1.99. The van der Waals surface area contributed by atoms with Crippen molar-refractivity contribution in [2.24, 2.45) is 0 Å². The first-order valence-electron chi connectivity index (χ1n) is 12.2. The molecule has 3 rings (SSSR count). The molecule has 1 aromatic carbocycles. The van der Waals surface area contributed by atoms with Gasteiger partial charge in [0, 0.05) is 30.5 Å². The summed E-state index contributed by atoms with van der Waals surface area (Å²) in [6.45, 7) is -7.76. The number of aromatic amines is 1. The highest BCUT2D eigenvalue weighted by Crippen LogP contribution is 2.21. The minimum atomic E-state index is -2.76. The van der Waals surface area contributed by atoms with Crippen molar-refractivity contribution in [1.82, 2.24) is 15.2 Å². The number of fused-ring (bicyclic) bond motifs is 1. The Morgan fingerprint density at radius 3 is 3.38 bits per heavy atom. The normalized spacial score (nSPS) is 30.7. The molecule has 0 saturated carbocycles. The lowest BCUT2D eigenvalue weighted by molar-refractivity contribution is 0.177. The molecule has 1 aromatic heterocycles. The number of alkyl carbamates (subject to hydrolysis) is 1. The minimum absolute atomic E-state index is 0.0466. The van der Waals surface area contributed by atoms with Gasteiger partial charge in [0.2, 0.25) is 0 Å². The number of ether oxygens (including phenoxy) is 1. The molecule has 21 heavy (non-hydrogen) atoms. The monoisotopic (exact) mass is 299 g/mol. The second-order valence-electron chi connectivity index (χ2n) is 4.59. The summed E-state index contributed by atoms with van der Waals surface area (Å²) in [4.78, 5) is 12.9. The van der Waals surface area contributed by atoms with Gasteiger partial charge in [0.1, 0.15) is 6.56 Å². The Balaban J connectivity index is 2.15. The molecule has 1 fully saturated rings. The predicted octanol–water partition coefficient (Wildman–Crippen LogP) is 1.92.